The molecule has 2 aromatic heterocycles. The van der Waals surface area contributed by atoms with Crippen LogP contribution in [-0.2, 0) is 0 Å². The quantitative estimate of drug-likeness (QED) is 0.908. The standard InChI is InChI=1S/C16H17ClN4O2/c1-11-8-12(9-15(22)19-11)16(23)21-6-4-20(5-7-21)14-3-2-13(17)10-18-14/h2-3,8-10H,4-7H2,1H3,(H,19,22). The van der Waals surface area contributed by atoms with Crippen LogP contribution in [0, 0.1) is 6.92 Å². The number of rotatable bonds is 2. The van der Waals surface area contributed by atoms with Gasteiger partial charge in [0.1, 0.15) is 5.82 Å². The zero-order chi connectivity index (χ0) is 16.4. The van der Waals surface area contributed by atoms with Crippen molar-refractivity contribution >= 4 is 23.3 Å². The lowest BCUT2D eigenvalue weighted by molar-refractivity contribution is 0.0746. The highest BCUT2D eigenvalue weighted by Crippen LogP contribution is 2.17. The van der Waals surface area contributed by atoms with Gasteiger partial charge in [0, 0.05) is 49.7 Å². The van der Waals surface area contributed by atoms with Crippen molar-refractivity contribution in [1.29, 1.82) is 0 Å². The molecule has 0 aliphatic carbocycles. The molecule has 0 unspecified atom stereocenters. The van der Waals surface area contributed by atoms with E-state index in [1.807, 2.05) is 6.07 Å². The Hall–Kier alpha value is -2.34. The highest BCUT2D eigenvalue weighted by molar-refractivity contribution is 6.30. The maximum absolute atomic E-state index is 12.5. The predicted molar refractivity (Wildman–Crippen MR) is 89.2 cm³/mol. The van der Waals surface area contributed by atoms with Gasteiger partial charge in [-0.15, -0.1) is 0 Å². The van der Waals surface area contributed by atoms with E-state index in [4.69, 9.17) is 11.6 Å². The first-order valence-electron chi connectivity index (χ1n) is 7.40. The molecule has 0 atom stereocenters. The normalized spacial score (nSPS) is 14.9. The first kappa shape index (κ1) is 15.6. The number of hydrogen-bond donors (Lipinski definition) is 1. The van der Waals surface area contributed by atoms with E-state index < -0.39 is 0 Å². The molecule has 2 aromatic rings. The number of pyridine rings is 2. The molecule has 7 heteroatoms. The number of carbonyl (C=O) groups is 1. The third-order valence-corrected chi connectivity index (χ3v) is 4.05. The molecule has 23 heavy (non-hydrogen) atoms. The second-order valence-electron chi connectivity index (χ2n) is 5.53. The maximum atomic E-state index is 12.5. The van der Waals surface area contributed by atoms with Gasteiger partial charge in [-0.05, 0) is 25.1 Å². The van der Waals surface area contributed by atoms with Gasteiger partial charge in [-0.1, -0.05) is 11.6 Å². The van der Waals surface area contributed by atoms with Gasteiger partial charge in [-0.2, -0.15) is 0 Å². The molecule has 0 radical (unpaired) electrons. The number of aromatic amines is 1. The molecule has 1 amide bonds. The van der Waals surface area contributed by atoms with Gasteiger partial charge in [-0.25, -0.2) is 4.98 Å². The fourth-order valence-corrected chi connectivity index (χ4v) is 2.79. The number of piperazine rings is 1. The lowest BCUT2D eigenvalue weighted by atomic mass is 10.2. The van der Waals surface area contributed by atoms with Crippen LogP contribution in [0.15, 0.2) is 35.3 Å². The van der Waals surface area contributed by atoms with Crippen LogP contribution in [0.25, 0.3) is 0 Å². The number of amides is 1. The van der Waals surface area contributed by atoms with Gasteiger partial charge in [0.25, 0.3) is 5.91 Å². The molecule has 0 spiro atoms. The lowest BCUT2D eigenvalue weighted by Gasteiger charge is -2.35. The topological polar surface area (TPSA) is 69.3 Å². The van der Waals surface area contributed by atoms with Gasteiger partial charge < -0.3 is 14.8 Å². The summed E-state index contributed by atoms with van der Waals surface area (Å²) < 4.78 is 0. The summed E-state index contributed by atoms with van der Waals surface area (Å²) in [6.45, 7) is 4.34. The van der Waals surface area contributed by atoms with Crippen molar-refractivity contribution in [3.8, 4) is 0 Å². The van der Waals surface area contributed by atoms with Crippen LogP contribution >= 0.6 is 11.6 Å². The Bertz CT molecular complexity index is 764. The molecule has 120 valence electrons. The van der Waals surface area contributed by atoms with Gasteiger partial charge in [0.2, 0.25) is 5.56 Å². The van der Waals surface area contributed by atoms with Crippen LogP contribution in [0.1, 0.15) is 16.1 Å². The third kappa shape index (κ3) is 3.53. The summed E-state index contributed by atoms with van der Waals surface area (Å²) in [5.74, 6) is 0.747. The number of anilines is 1. The Balaban J connectivity index is 1.67. The van der Waals surface area contributed by atoms with E-state index in [1.54, 1.807) is 30.2 Å². The van der Waals surface area contributed by atoms with Crippen molar-refractivity contribution in [3.05, 3.63) is 57.1 Å². The molecular formula is C16H17ClN4O2. The smallest absolute Gasteiger partial charge is 0.254 e. The fourth-order valence-electron chi connectivity index (χ4n) is 2.68. The molecular weight excluding hydrogens is 316 g/mol. The van der Waals surface area contributed by atoms with Gasteiger partial charge in [-0.3, -0.25) is 9.59 Å². The minimum absolute atomic E-state index is 0.108. The SMILES string of the molecule is Cc1cc(C(=O)N2CCN(c3ccc(Cl)cn3)CC2)cc(=O)[nH]1. The van der Waals surface area contributed by atoms with Crippen LogP contribution in [0.3, 0.4) is 0 Å². The van der Waals surface area contributed by atoms with E-state index in [9.17, 15) is 9.59 Å². The minimum atomic E-state index is -0.252. The van der Waals surface area contributed by atoms with Crippen molar-refractivity contribution in [2.75, 3.05) is 31.1 Å². The summed E-state index contributed by atoms with van der Waals surface area (Å²) in [6, 6.07) is 6.74. The number of nitrogens with one attached hydrogen (secondary N) is 1. The van der Waals surface area contributed by atoms with E-state index in [1.165, 1.54) is 6.07 Å². The minimum Gasteiger partial charge on any atom is -0.353 e. The second kappa shape index (κ2) is 6.42. The Morgan fingerprint density at radius 3 is 2.57 bits per heavy atom. The van der Waals surface area contributed by atoms with Crippen LogP contribution < -0.4 is 10.5 Å². The monoisotopic (exact) mass is 332 g/mol. The first-order valence-corrected chi connectivity index (χ1v) is 7.77. The molecule has 1 aliphatic heterocycles. The average Bonchev–Trinajstić information content (AvgIpc) is 2.54. The Labute approximate surface area is 138 Å². The summed E-state index contributed by atoms with van der Waals surface area (Å²) in [6.07, 6.45) is 1.62. The van der Waals surface area contributed by atoms with E-state index in [-0.39, 0.29) is 11.5 Å². The Kier molecular flexibility index (Phi) is 4.34. The summed E-state index contributed by atoms with van der Waals surface area (Å²) in [5.41, 5.74) is 0.867. The van der Waals surface area contributed by atoms with Crippen LogP contribution in [0.2, 0.25) is 5.02 Å². The first-order chi connectivity index (χ1) is 11.0. The lowest BCUT2D eigenvalue weighted by Crippen LogP contribution is -2.49. The van der Waals surface area contributed by atoms with E-state index in [2.05, 4.69) is 14.9 Å². The van der Waals surface area contributed by atoms with Gasteiger partial charge in [0.05, 0.1) is 5.02 Å². The number of H-pyrrole nitrogens is 1. The Morgan fingerprint density at radius 2 is 1.96 bits per heavy atom. The van der Waals surface area contributed by atoms with Crippen LogP contribution in [0.4, 0.5) is 5.82 Å². The molecule has 1 fully saturated rings. The molecule has 3 heterocycles. The molecule has 1 N–H and O–H groups in total. The maximum Gasteiger partial charge on any atom is 0.254 e. The third-order valence-electron chi connectivity index (χ3n) is 3.83. The molecule has 0 aromatic carbocycles. The van der Waals surface area contributed by atoms with Crippen molar-refractivity contribution in [1.82, 2.24) is 14.9 Å². The largest absolute Gasteiger partial charge is 0.353 e. The highest BCUT2D eigenvalue weighted by Gasteiger charge is 2.23. The Morgan fingerprint density at radius 1 is 1.22 bits per heavy atom. The average molecular weight is 333 g/mol. The predicted octanol–water partition coefficient (Wildman–Crippen LogP) is 1.69. The van der Waals surface area contributed by atoms with Crippen LogP contribution in [0.5, 0.6) is 0 Å². The number of halogens is 1. The molecule has 0 saturated carbocycles. The molecule has 1 saturated heterocycles. The summed E-state index contributed by atoms with van der Waals surface area (Å²) >= 11 is 5.85. The fraction of sp³-hybridized carbons (Fsp3) is 0.312. The van der Waals surface area contributed by atoms with Gasteiger partial charge >= 0.3 is 0 Å². The van der Waals surface area contributed by atoms with Crippen molar-refractivity contribution in [2.24, 2.45) is 0 Å². The molecule has 6 nitrogen and oxygen atoms in total. The highest BCUT2D eigenvalue weighted by atomic mass is 35.5. The van der Waals surface area contributed by atoms with Crippen molar-refractivity contribution in [3.63, 3.8) is 0 Å². The zero-order valence-electron chi connectivity index (χ0n) is 12.8. The number of nitrogens with zero attached hydrogens (tertiary/aromatic N) is 3. The summed E-state index contributed by atoms with van der Waals surface area (Å²) in [7, 11) is 0. The van der Waals surface area contributed by atoms with Crippen molar-refractivity contribution in [2.45, 2.75) is 6.92 Å². The zero-order valence-corrected chi connectivity index (χ0v) is 13.5. The number of hydrogen-bond acceptors (Lipinski definition) is 4. The summed E-state index contributed by atoms with van der Waals surface area (Å²) in [4.78, 5) is 34.8. The number of carbonyl (C=O) groups excluding carboxylic acids is 1. The van der Waals surface area contributed by atoms with E-state index in [0.717, 1.165) is 5.82 Å². The second-order valence-corrected chi connectivity index (χ2v) is 5.97. The molecule has 1 aliphatic rings. The van der Waals surface area contributed by atoms with E-state index >= 15 is 0 Å². The van der Waals surface area contributed by atoms with Gasteiger partial charge in [0.15, 0.2) is 0 Å². The summed E-state index contributed by atoms with van der Waals surface area (Å²) in [5, 5.41) is 0.604. The van der Waals surface area contributed by atoms with Crippen LogP contribution in [-0.4, -0.2) is 47.0 Å². The number of aryl methyl sites for hydroxylation is 1. The molecule has 3 rings (SSSR count). The van der Waals surface area contributed by atoms with E-state index in [0.29, 0.717) is 42.5 Å². The number of aromatic nitrogens is 2. The molecule has 0 bridgehead atoms. The van der Waals surface area contributed by atoms with Crippen molar-refractivity contribution < 1.29 is 4.79 Å².